The van der Waals surface area contributed by atoms with Gasteiger partial charge in [0.05, 0.1) is 26.4 Å². The first kappa shape index (κ1) is 48.7. The Kier molecular flexibility index (Phi) is 27.2. The Bertz CT molecular complexity index is 1170. The molecule has 0 radical (unpaired) electrons. The fourth-order valence-corrected chi connectivity index (χ4v) is 4.53. The molecule has 0 unspecified atom stereocenters. The molecule has 306 valence electrons. The summed E-state index contributed by atoms with van der Waals surface area (Å²) in [7, 11) is 0. The van der Waals surface area contributed by atoms with Gasteiger partial charge in [-0.3, -0.25) is 28.8 Å². The van der Waals surface area contributed by atoms with Crippen molar-refractivity contribution in [3.63, 3.8) is 0 Å². The van der Waals surface area contributed by atoms with E-state index in [1.165, 1.54) is 13.8 Å². The SMILES string of the molecule is CCOC(=O)C(=O)NCCCC[C@H](NC(=O)C(=O)OCC)C(=O)NCCCCCCNC(=O)[C@H](CCCCNC(=O)C(=O)OCC)NC(=O)C(=O)OCC. The van der Waals surface area contributed by atoms with Crippen LogP contribution in [0.3, 0.4) is 0 Å². The van der Waals surface area contributed by atoms with E-state index in [0.717, 1.165) is 0 Å². The monoisotopic (exact) mass is 772 g/mol. The van der Waals surface area contributed by atoms with Gasteiger partial charge in [0.2, 0.25) is 11.8 Å². The van der Waals surface area contributed by atoms with E-state index in [0.29, 0.717) is 51.4 Å². The minimum Gasteiger partial charge on any atom is -0.459 e. The summed E-state index contributed by atoms with van der Waals surface area (Å²) in [5, 5.41) is 15.0. The van der Waals surface area contributed by atoms with Crippen molar-refractivity contribution in [2.45, 2.75) is 104 Å². The van der Waals surface area contributed by atoms with Crippen LogP contribution in [0.2, 0.25) is 0 Å². The topological polar surface area (TPSA) is 280 Å². The molecule has 20 nitrogen and oxygen atoms in total. The van der Waals surface area contributed by atoms with Crippen molar-refractivity contribution in [1.29, 1.82) is 0 Å². The molecule has 54 heavy (non-hydrogen) atoms. The highest BCUT2D eigenvalue weighted by molar-refractivity contribution is 6.34. The Balaban J connectivity index is 4.78. The van der Waals surface area contributed by atoms with Gasteiger partial charge in [-0.15, -0.1) is 0 Å². The van der Waals surface area contributed by atoms with E-state index >= 15 is 0 Å². The number of ether oxygens (including phenoxy) is 4. The molecule has 0 spiro atoms. The van der Waals surface area contributed by atoms with E-state index in [1.54, 1.807) is 13.8 Å². The van der Waals surface area contributed by atoms with Crippen molar-refractivity contribution in [3.05, 3.63) is 0 Å². The van der Waals surface area contributed by atoms with Crippen molar-refractivity contribution in [3.8, 4) is 0 Å². The molecule has 0 heterocycles. The quantitative estimate of drug-likeness (QED) is 0.0269. The van der Waals surface area contributed by atoms with Gasteiger partial charge in [-0.1, -0.05) is 12.8 Å². The van der Waals surface area contributed by atoms with Crippen LogP contribution in [0.1, 0.15) is 91.9 Å². The van der Waals surface area contributed by atoms with Crippen LogP contribution in [-0.4, -0.2) is 124 Å². The molecular formula is C34H56N6O14. The fourth-order valence-electron chi connectivity index (χ4n) is 4.53. The van der Waals surface area contributed by atoms with Crippen molar-refractivity contribution in [1.82, 2.24) is 31.9 Å². The van der Waals surface area contributed by atoms with Gasteiger partial charge in [0, 0.05) is 26.2 Å². The summed E-state index contributed by atoms with van der Waals surface area (Å²) in [6.45, 7) is 7.03. The molecule has 0 saturated heterocycles. The third-order valence-electron chi connectivity index (χ3n) is 7.20. The van der Waals surface area contributed by atoms with Gasteiger partial charge in [-0.2, -0.15) is 0 Å². The van der Waals surface area contributed by atoms with Crippen molar-refractivity contribution < 1.29 is 66.9 Å². The second-order valence-corrected chi connectivity index (χ2v) is 11.4. The Hall–Kier alpha value is -5.30. The number of hydrogen-bond acceptors (Lipinski definition) is 14. The summed E-state index contributed by atoms with van der Waals surface area (Å²) >= 11 is 0. The number of nitrogens with one attached hydrogen (secondary N) is 6. The van der Waals surface area contributed by atoms with E-state index < -0.39 is 71.4 Å². The fraction of sp³-hybridized carbons (Fsp3) is 0.706. The first-order valence-corrected chi connectivity index (χ1v) is 18.2. The third-order valence-corrected chi connectivity index (χ3v) is 7.20. The maximum Gasteiger partial charge on any atom is 0.396 e. The molecule has 6 amide bonds. The number of amides is 6. The zero-order valence-corrected chi connectivity index (χ0v) is 31.6. The molecular weight excluding hydrogens is 716 g/mol. The first-order valence-electron chi connectivity index (χ1n) is 18.2. The minimum absolute atomic E-state index is 0.0253. The van der Waals surface area contributed by atoms with Crippen LogP contribution in [0.15, 0.2) is 0 Å². The van der Waals surface area contributed by atoms with Crippen molar-refractivity contribution in [2.24, 2.45) is 0 Å². The Labute approximate surface area is 314 Å². The molecule has 0 rings (SSSR count). The van der Waals surface area contributed by atoms with Gasteiger partial charge < -0.3 is 50.8 Å². The highest BCUT2D eigenvalue weighted by Gasteiger charge is 2.26. The Morgan fingerprint density at radius 1 is 0.370 bits per heavy atom. The summed E-state index contributed by atoms with van der Waals surface area (Å²) in [4.78, 5) is 120. The van der Waals surface area contributed by atoms with Gasteiger partial charge in [0.25, 0.3) is 0 Å². The van der Waals surface area contributed by atoms with Crippen molar-refractivity contribution >= 4 is 59.3 Å². The van der Waals surface area contributed by atoms with Gasteiger partial charge >= 0.3 is 47.5 Å². The van der Waals surface area contributed by atoms with Crippen molar-refractivity contribution in [2.75, 3.05) is 52.6 Å². The largest absolute Gasteiger partial charge is 0.459 e. The molecule has 20 heteroatoms. The minimum atomic E-state index is -1.13. The van der Waals surface area contributed by atoms with Gasteiger partial charge in [-0.25, -0.2) is 19.2 Å². The molecule has 0 aliphatic carbocycles. The molecule has 0 bridgehead atoms. The smallest absolute Gasteiger partial charge is 0.396 e. The molecule has 0 aliphatic heterocycles. The van der Waals surface area contributed by atoms with Crippen LogP contribution in [0.5, 0.6) is 0 Å². The average molecular weight is 773 g/mol. The number of rotatable bonds is 25. The number of unbranched alkanes of at least 4 members (excludes halogenated alkanes) is 5. The zero-order chi connectivity index (χ0) is 40.7. The average Bonchev–Trinajstić information content (AvgIpc) is 3.14. The summed E-state index contributed by atoms with van der Waals surface area (Å²) in [6, 6.07) is -2.11. The molecule has 0 aliphatic rings. The maximum atomic E-state index is 12.9. The van der Waals surface area contributed by atoms with Gasteiger partial charge in [0.15, 0.2) is 0 Å². The second-order valence-electron chi connectivity index (χ2n) is 11.4. The standard InChI is InChI=1S/C34H56N6O14/c1-5-51-31(47)27(43)37-21-15-11-17-23(39-29(45)33(49)53-7-3)25(41)35-19-13-9-10-14-20-36-26(42)24(40-30(46)34(50)54-8-4)18-12-16-22-38-28(44)32(48)52-6-2/h23-24H,5-22H2,1-4H3,(H,35,41)(H,36,42)(H,37,43)(H,38,44)(H,39,45)(H,40,46)/t23-,24-/m0/s1. The van der Waals surface area contributed by atoms with E-state index in [2.05, 4.69) is 50.8 Å². The predicted molar refractivity (Wildman–Crippen MR) is 189 cm³/mol. The number of carbonyl (C=O) groups is 10. The Morgan fingerprint density at radius 3 is 0.963 bits per heavy atom. The number of esters is 4. The maximum absolute atomic E-state index is 12.9. The van der Waals surface area contributed by atoms with E-state index in [-0.39, 0.29) is 65.4 Å². The normalized spacial score (nSPS) is 11.4. The van der Waals surface area contributed by atoms with Crippen LogP contribution in [0.25, 0.3) is 0 Å². The summed E-state index contributed by atoms with van der Waals surface area (Å²) in [5.74, 6) is -9.24. The molecule has 0 saturated carbocycles. The lowest BCUT2D eigenvalue weighted by Crippen LogP contribution is -2.49. The lowest BCUT2D eigenvalue weighted by atomic mass is 10.1. The van der Waals surface area contributed by atoms with Crippen LogP contribution >= 0.6 is 0 Å². The molecule has 0 fully saturated rings. The number of hydrogen-bond donors (Lipinski definition) is 6. The van der Waals surface area contributed by atoms with Crippen LogP contribution < -0.4 is 31.9 Å². The van der Waals surface area contributed by atoms with Crippen LogP contribution in [0, 0.1) is 0 Å². The first-order chi connectivity index (χ1) is 25.8. The second kappa shape index (κ2) is 30.2. The van der Waals surface area contributed by atoms with E-state index in [9.17, 15) is 47.9 Å². The Morgan fingerprint density at radius 2 is 0.648 bits per heavy atom. The lowest BCUT2D eigenvalue weighted by Gasteiger charge is -2.18. The summed E-state index contributed by atoms with van der Waals surface area (Å²) in [5.41, 5.74) is 0. The van der Waals surface area contributed by atoms with Crippen LogP contribution in [0.4, 0.5) is 0 Å². The lowest BCUT2D eigenvalue weighted by molar-refractivity contribution is -0.155. The highest BCUT2D eigenvalue weighted by atomic mass is 16.6. The highest BCUT2D eigenvalue weighted by Crippen LogP contribution is 2.05. The molecule has 6 N–H and O–H groups in total. The summed E-state index contributed by atoms with van der Waals surface area (Å²) < 4.78 is 18.6. The van der Waals surface area contributed by atoms with Gasteiger partial charge in [0.1, 0.15) is 12.1 Å². The zero-order valence-electron chi connectivity index (χ0n) is 31.6. The molecule has 0 aromatic heterocycles. The predicted octanol–water partition coefficient (Wildman–Crippen LogP) is -1.43. The number of carbonyl (C=O) groups excluding carboxylic acids is 10. The molecule has 0 aromatic rings. The van der Waals surface area contributed by atoms with Crippen LogP contribution in [-0.2, 0) is 66.9 Å². The van der Waals surface area contributed by atoms with E-state index in [4.69, 9.17) is 0 Å². The van der Waals surface area contributed by atoms with E-state index in [1.807, 2.05) is 0 Å². The molecule has 2 atom stereocenters. The molecule has 0 aromatic carbocycles. The van der Waals surface area contributed by atoms with Gasteiger partial charge in [-0.05, 0) is 79.1 Å². The third kappa shape index (κ3) is 22.6. The summed E-state index contributed by atoms with van der Waals surface area (Å²) in [6.07, 6.45) is 4.18.